The Labute approximate surface area is 102 Å². The van der Waals surface area contributed by atoms with E-state index >= 15 is 0 Å². The Morgan fingerprint density at radius 3 is 2.41 bits per heavy atom. The molecule has 98 valence electrons. The first-order chi connectivity index (χ1) is 7.93. The lowest BCUT2D eigenvalue weighted by Crippen LogP contribution is -2.23. The highest BCUT2D eigenvalue weighted by Crippen LogP contribution is 1.97. The number of hydrogen-bond acceptors (Lipinski definition) is 4. The van der Waals surface area contributed by atoms with Gasteiger partial charge in [0.25, 0.3) is 0 Å². The van der Waals surface area contributed by atoms with Gasteiger partial charge < -0.3 is 14.7 Å². The zero-order valence-electron chi connectivity index (χ0n) is 10.6. The van der Waals surface area contributed by atoms with Gasteiger partial charge in [-0.25, -0.2) is 4.79 Å². The molecule has 0 saturated heterocycles. The van der Waals surface area contributed by atoms with Gasteiger partial charge in [-0.3, -0.25) is 4.79 Å². The summed E-state index contributed by atoms with van der Waals surface area (Å²) in [6.45, 7) is 6.98. The molecule has 0 spiro atoms. The van der Waals surface area contributed by atoms with E-state index in [9.17, 15) is 9.59 Å². The number of esters is 1. The van der Waals surface area contributed by atoms with E-state index in [0.29, 0.717) is 18.6 Å². The second kappa shape index (κ2) is 8.75. The predicted molar refractivity (Wildman–Crippen MR) is 64.8 cm³/mol. The SMILES string of the molecule is C=C(C)C(=O)OCCCN(C)CCCC(=O)O. The topological polar surface area (TPSA) is 66.8 Å². The van der Waals surface area contributed by atoms with E-state index in [4.69, 9.17) is 9.84 Å². The molecule has 0 amide bonds. The van der Waals surface area contributed by atoms with Crippen LogP contribution in [0.25, 0.3) is 0 Å². The molecule has 0 atom stereocenters. The van der Waals surface area contributed by atoms with E-state index in [1.165, 1.54) is 0 Å². The van der Waals surface area contributed by atoms with Gasteiger partial charge in [0.15, 0.2) is 0 Å². The maximum Gasteiger partial charge on any atom is 0.333 e. The van der Waals surface area contributed by atoms with E-state index in [-0.39, 0.29) is 12.4 Å². The Bertz CT molecular complexity index is 276. The Hall–Kier alpha value is -1.36. The molecule has 0 aromatic rings. The highest BCUT2D eigenvalue weighted by molar-refractivity contribution is 5.86. The molecule has 0 aliphatic carbocycles. The lowest BCUT2D eigenvalue weighted by molar-refractivity contribution is -0.139. The summed E-state index contributed by atoms with van der Waals surface area (Å²) in [6.07, 6.45) is 1.56. The zero-order valence-corrected chi connectivity index (χ0v) is 10.6. The van der Waals surface area contributed by atoms with Crippen molar-refractivity contribution in [2.24, 2.45) is 0 Å². The van der Waals surface area contributed by atoms with Gasteiger partial charge in [-0.05, 0) is 33.4 Å². The summed E-state index contributed by atoms with van der Waals surface area (Å²) in [6, 6.07) is 0. The minimum absolute atomic E-state index is 0.189. The van der Waals surface area contributed by atoms with Gasteiger partial charge in [0.1, 0.15) is 0 Å². The largest absolute Gasteiger partial charge is 0.481 e. The fourth-order valence-corrected chi connectivity index (χ4v) is 1.23. The van der Waals surface area contributed by atoms with E-state index in [2.05, 4.69) is 6.58 Å². The van der Waals surface area contributed by atoms with Gasteiger partial charge in [-0.1, -0.05) is 6.58 Å². The number of hydrogen-bond donors (Lipinski definition) is 1. The number of ether oxygens (including phenoxy) is 1. The summed E-state index contributed by atoms with van der Waals surface area (Å²) < 4.78 is 4.94. The van der Waals surface area contributed by atoms with Crippen molar-refractivity contribution in [1.82, 2.24) is 4.90 Å². The molecule has 0 bridgehead atoms. The first-order valence-electron chi connectivity index (χ1n) is 5.66. The van der Waals surface area contributed by atoms with Crippen molar-refractivity contribution in [1.29, 1.82) is 0 Å². The molecule has 0 radical (unpaired) electrons. The van der Waals surface area contributed by atoms with Gasteiger partial charge in [0.05, 0.1) is 6.61 Å². The van der Waals surface area contributed by atoms with Gasteiger partial charge >= 0.3 is 11.9 Å². The van der Waals surface area contributed by atoms with Crippen LogP contribution in [0.3, 0.4) is 0 Å². The molecule has 1 N–H and O–H groups in total. The highest BCUT2D eigenvalue weighted by Gasteiger charge is 2.04. The number of carboxylic acid groups (broad SMARTS) is 1. The standard InChI is InChI=1S/C12H21NO4/c1-10(2)12(16)17-9-5-8-13(3)7-4-6-11(14)15/h1,4-9H2,2-3H3,(H,14,15). The molecule has 0 aromatic carbocycles. The lowest BCUT2D eigenvalue weighted by atomic mass is 10.3. The molecular weight excluding hydrogens is 222 g/mol. The quantitative estimate of drug-likeness (QED) is 0.375. The zero-order chi connectivity index (χ0) is 13.3. The first-order valence-corrected chi connectivity index (χ1v) is 5.66. The second-order valence-electron chi connectivity index (χ2n) is 4.07. The van der Waals surface area contributed by atoms with Crippen LogP contribution in [-0.2, 0) is 14.3 Å². The van der Waals surface area contributed by atoms with Crippen molar-refractivity contribution in [3.05, 3.63) is 12.2 Å². The average Bonchev–Trinajstić information content (AvgIpc) is 2.23. The Morgan fingerprint density at radius 1 is 1.29 bits per heavy atom. The van der Waals surface area contributed by atoms with Crippen molar-refractivity contribution in [2.75, 3.05) is 26.7 Å². The maximum absolute atomic E-state index is 11.0. The summed E-state index contributed by atoms with van der Waals surface area (Å²) in [5.41, 5.74) is 0.403. The number of carbonyl (C=O) groups excluding carboxylic acids is 1. The normalized spacial score (nSPS) is 10.3. The number of carboxylic acids is 1. The first kappa shape index (κ1) is 15.6. The molecule has 0 saturated carbocycles. The molecular formula is C12H21NO4. The monoisotopic (exact) mass is 243 g/mol. The average molecular weight is 243 g/mol. The molecule has 0 aliphatic heterocycles. The van der Waals surface area contributed by atoms with Crippen LogP contribution in [0, 0.1) is 0 Å². The minimum atomic E-state index is -0.770. The minimum Gasteiger partial charge on any atom is -0.481 e. The predicted octanol–water partition coefficient (Wildman–Crippen LogP) is 1.29. The molecule has 5 nitrogen and oxygen atoms in total. The number of nitrogens with zero attached hydrogens (tertiary/aromatic N) is 1. The van der Waals surface area contributed by atoms with Crippen LogP contribution < -0.4 is 0 Å². The van der Waals surface area contributed by atoms with Crippen molar-refractivity contribution in [3.8, 4) is 0 Å². The molecule has 0 fully saturated rings. The van der Waals surface area contributed by atoms with Crippen LogP contribution in [-0.4, -0.2) is 48.7 Å². The van der Waals surface area contributed by atoms with Crippen LogP contribution >= 0.6 is 0 Å². The summed E-state index contributed by atoms with van der Waals surface area (Å²) in [4.78, 5) is 23.4. The third-order valence-electron chi connectivity index (χ3n) is 2.20. The van der Waals surface area contributed by atoms with Gasteiger partial charge in [-0.15, -0.1) is 0 Å². The summed E-state index contributed by atoms with van der Waals surface area (Å²) in [5, 5.41) is 8.47. The number of rotatable bonds is 9. The smallest absolute Gasteiger partial charge is 0.333 e. The number of aliphatic carboxylic acids is 1. The molecule has 17 heavy (non-hydrogen) atoms. The van der Waals surface area contributed by atoms with Crippen LogP contribution in [0.15, 0.2) is 12.2 Å². The van der Waals surface area contributed by atoms with Crippen molar-refractivity contribution < 1.29 is 19.4 Å². The summed E-state index contributed by atoms with van der Waals surface area (Å²) in [7, 11) is 1.92. The molecule has 0 unspecified atom stereocenters. The third kappa shape index (κ3) is 9.56. The van der Waals surface area contributed by atoms with E-state index in [1.807, 2.05) is 11.9 Å². The number of carbonyl (C=O) groups is 2. The third-order valence-corrected chi connectivity index (χ3v) is 2.20. The van der Waals surface area contributed by atoms with Gasteiger partial charge in [-0.2, -0.15) is 0 Å². The van der Waals surface area contributed by atoms with Crippen LogP contribution in [0.2, 0.25) is 0 Å². The van der Waals surface area contributed by atoms with E-state index in [0.717, 1.165) is 19.5 Å². The molecule has 0 aromatic heterocycles. The van der Waals surface area contributed by atoms with Crippen LogP contribution in [0.1, 0.15) is 26.2 Å². The van der Waals surface area contributed by atoms with Gasteiger partial charge in [0, 0.05) is 18.5 Å². The summed E-state index contributed by atoms with van der Waals surface area (Å²) >= 11 is 0. The van der Waals surface area contributed by atoms with Crippen LogP contribution in [0.5, 0.6) is 0 Å². The van der Waals surface area contributed by atoms with Crippen LogP contribution in [0.4, 0.5) is 0 Å². The van der Waals surface area contributed by atoms with Crippen molar-refractivity contribution in [3.63, 3.8) is 0 Å². The van der Waals surface area contributed by atoms with E-state index < -0.39 is 5.97 Å². The Balaban J connectivity index is 3.45. The van der Waals surface area contributed by atoms with E-state index in [1.54, 1.807) is 6.92 Å². The Morgan fingerprint density at radius 2 is 1.88 bits per heavy atom. The molecule has 0 heterocycles. The lowest BCUT2D eigenvalue weighted by Gasteiger charge is -2.15. The van der Waals surface area contributed by atoms with Crippen molar-refractivity contribution >= 4 is 11.9 Å². The maximum atomic E-state index is 11.0. The highest BCUT2D eigenvalue weighted by atomic mass is 16.5. The fraction of sp³-hybridized carbons (Fsp3) is 0.667. The van der Waals surface area contributed by atoms with Gasteiger partial charge in [0.2, 0.25) is 0 Å². The Kier molecular flexibility index (Phi) is 8.05. The second-order valence-corrected chi connectivity index (χ2v) is 4.07. The van der Waals surface area contributed by atoms with Crippen molar-refractivity contribution in [2.45, 2.75) is 26.2 Å². The summed E-state index contributed by atoms with van der Waals surface area (Å²) in [5.74, 6) is -1.13. The molecule has 0 aliphatic rings. The fourth-order valence-electron chi connectivity index (χ4n) is 1.23. The molecule has 5 heteroatoms. The molecule has 0 rings (SSSR count).